The lowest BCUT2D eigenvalue weighted by Gasteiger charge is -2.10. The average molecular weight is 298 g/mol. The van der Waals surface area contributed by atoms with Gasteiger partial charge in [0.2, 0.25) is 0 Å². The van der Waals surface area contributed by atoms with Gasteiger partial charge in [-0.05, 0) is 42.3 Å². The highest BCUT2D eigenvalue weighted by molar-refractivity contribution is 5.84. The van der Waals surface area contributed by atoms with E-state index in [0.717, 1.165) is 22.7 Å². The fourth-order valence-electron chi connectivity index (χ4n) is 1.82. The largest absolute Gasteiger partial charge is 0.497 e. The summed E-state index contributed by atoms with van der Waals surface area (Å²) < 4.78 is 10.9. The van der Waals surface area contributed by atoms with Gasteiger partial charge in [-0.25, -0.2) is 0 Å². The summed E-state index contributed by atoms with van der Waals surface area (Å²) in [4.78, 5) is 0. The molecular weight excluding hydrogens is 276 g/mol. The number of ether oxygens (including phenoxy) is 2. The molecule has 0 atom stereocenters. The molecule has 0 spiro atoms. The molecular formula is C18H22N2O2. The van der Waals surface area contributed by atoms with Crippen molar-refractivity contribution < 1.29 is 9.47 Å². The van der Waals surface area contributed by atoms with E-state index < -0.39 is 0 Å². The van der Waals surface area contributed by atoms with Crippen molar-refractivity contribution in [3.63, 3.8) is 0 Å². The number of rotatable bonds is 7. The summed E-state index contributed by atoms with van der Waals surface area (Å²) in [6.45, 7) is 4.95. The van der Waals surface area contributed by atoms with E-state index in [-0.39, 0.29) is 0 Å². The Morgan fingerprint density at radius 1 is 1.09 bits per heavy atom. The zero-order valence-electron chi connectivity index (χ0n) is 13.2. The van der Waals surface area contributed by atoms with Crippen LogP contribution in [0, 0.1) is 5.92 Å². The van der Waals surface area contributed by atoms with Crippen molar-refractivity contribution in [2.75, 3.05) is 19.1 Å². The van der Waals surface area contributed by atoms with Crippen LogP contribution in [0.25, 0.3) is 0 Å². The first kappa shape index (κ1) is 15.9. The SMILES string of the molecule is COc1ccc(N/N=C/c2ccccc2OCC(C)C)cc1. The Morgan fingerprint density at radius 3 is 2.50 bits per heavy atom. The van der Waals surface area contributed by atoms with Crippen molar-refractivity contribution in [2.24, 2.45) is 11.0 Å². The normalized spacial score (nSPS) is 10.9. The molecule has 116 valence electrons. The first-order chi connectivity index (χ1) is 10.7. The van der Waals surface area contributed by atoms with E-state index in [1.807, 2.05) is 48.5 Å². The first-order valence-electron chi connectivity index (χ1n) is 7.34. The van der Waals surface area contributed by atoms with Crippen LogP contribution in [-0.4, -0.2) is 19.9 Å². The van der Waals surface area contributed by atoms with E-state index in [0.29, 0.717) is 12.5 Å². The number of nitrogens with zero attached hydrogens (tertiary/aromatic N) is 1. The van der Waals surface area contributed by atoms with E-state index in [2.05, 4.69) is 24.4 Å². The average Bonchev–Trinajstić information content (AvgIpc) is 2.54. The number of benzene rings is 2. The second-order valence-corrected chi connectivity index (χ2v) is 5.34. The summed E-state index contributed by atoms with van der Waals surface area (Å²) in [6, 6.07) is 15.5. The molecule has 4 nitrogen and oxygen atoms in total. The highest BCUT2D eigenvalue weighted by Gasteiger charge is 2.02. The fourth-order valence-corrected chi connectivity index (χ4v) is 1.82. The topological polar surface area (TPSA) is 42.8 Å². The highest BCUT2D eigenvalue weighted by atomic mass is 16.5. The van der Waals surface area contributed by atoms with Crippen LogP contribution in [0.5, 0.6) is 11.5 Å². The molecule has 2 aromatic carbocycles. The van der Waals surface area contributed by atoms with Crippen LogP contribution in [0.1, 0.15) is 19.4 Å². The Labute approximate surface area is 131 Å². The molecule has 0 saturated heterocycles. The molecule has 2 aromatic rings. The summed E-state index contributed by atoms with van der Waals surface area (Å²) in [5, 5.41) is 4.26. The van der Waals surface area contributed by atoms with E-state index in [4.69, 9.17) is 9.47 Å². The van der Waals surface area contributed by atoms with Gasteiger partial charge in [-0.2, -0.15) is 5.10 Å². The Morgan fingerprint density at radius 2 is 1.82 bits per heavy atom. The summed E-state index contributed by atoms with van der Waals surface area (Å²) in [6.07, 6.45) is 1.76. The molecule has 0 amide bonds. The second kappa shape index (κ2) is 8.08. The third kappa shape index (κ3) is 4.81. The van der Waals surface area contributed by atoms with Gasteiger partial charge in [0.25, 0.3) is 0 Å². The molecule has 0 aliphatic carbocycles. The van der Waals surface area contributed by atoms with Gasteiger partial charge in [0.1, 0.15) is 11.5 Å². The number of anilines is 1. The van der Waals surface area contributed by atoms with E-state index in [1.54, 1.807) is 13.3 Å². The lowest BCUT2D eigenvalue weighted by Crippen LogP contribution is -2.06. The minimum Gasteiger partial charge on any atom is -0.497 e. The van der Waals surface area contributed by atoms with Crippen LogP contribution in [0.3, 0.4) is 0 Å². The van der Waals surface area contributed by atoms with Crippen LogP contribution in [0.2, 0.25) is 0 Å². The second-order valence-electron chi connectivity index (χ2n) is 5.34. The number of para-hydroxylation sites is 1. The van der Waals surface area contributed by atoms with Gasteiger partial charge in [-0.1, -0.05) is 26.0 Å². The molecule has 0 aliphatic heterocycles. The van der Waals surface area contributed by atoms with Crippen LogP contribution < -0.4 is 14.9 Å². The number of hydrogen-bond acceptors (Lipinski definition) is 4. The van der Waals surface area contributed by atoms with Crippen molar-refractivity contribution in [2.45, 2.75) is 13.8 Å². The molecule has 4 heteroatoms. The zero-order chi connectivity index (χ0) is 15.8. The van der Waals surface area contributed by atoms with Crippen LogP contribution in [-0.2, 0) is 0 Å². The van der Waals surface area contributed by atoms with Crippen molar-refractivity contribution in [3.05, 3.63) is 54.1 Å². The molecule has 1 N–H and O–H groups in total. The Bertz CT molecular complexity index is 607. The Kier molecular flexibility index (Phi) is 5.83. The molecule has 0 radical (unpaired) electrons. The third-order valence-corrected chi connectivity index (χ3v) is 2.98. The lowest BCUT2D eigenvalue weighted by molar-refractivity contribution is 0.271. The van der Waals surface area contributed by atoms with Gasteiger partial charge in [-0.3, -0.25) is 5.43 Å². The fraction of sp³-hybridized carbons (Fsp3) is 0.278. The minimum atomic E-state index is 0.488. The standard InChI is InChI=1S/C18H22N2O2/c1-14(2)13-22-18-7-5-4-6-15(18)12-19-20-16-8-10-17(21-3)11-9-16/h4-12,14,20H,13H2,1-3H3/b19-12+. The predicted molar refractivity (Wildman–Crippen MR) is 91.0 cm³/mol. The first-order valence-corrected chi connectivity index (χ1v) is 7.34. The van der Waals surface area contributed by atoms with E-state index in [9.17, 15) is 0 Å². The van der Waals surface area contributed by atoms with E-state index in [1.165, 1.54) is 0 Å². The smallest absolute Gasteiger partial charge is 0.128 e. The molecule has 0 bridgehead atoms. The van der Waals surface area contributed by atoms with Crippen molar-refractivity contribution in [1.29, 1.82) is 0 Å². The summed E-state index contributed by atoms with van der Waals surface area (Å²) >= 11 is 0. The maximum atomic E-state index is 5.80. The minimum absolute atomic E-state index is 0.488. The monoisotopic (exact) mass is 298 g/mol. The highest BCUT2D eigenvalue weighted by Crippen LogP contribution is 2.18. The summed E-state index contributed by atoms with van der Waals surface area (Å²) in [5.41, 5.74) is 4.84. The van der Waals surface area contributed by atoms with Gasteiger partial charge < -0.3 is 9.47 Å². The molecule has 0 aliphatic rings. The molecule has 22 heavy (non-hydrogen) atoms. The summed E-state index contributed by atoms with van der Waals surface area (Å²) in [7, 11) is 1.65. The van der Waals surface area contributed by atoms with Gasteiger partial charge in [0.15, 0.2) is 0 Å². The Balaban J connectivity index is 1.99. The molecule has 0 heterocycles. The predicted octanol–water partition coefficient (Wildman–Crippen LogP) is 4.18. The van der Waals surface area contributed by atoms with Crippen molar-refractivity contribution in [1.82, 2.24) is 0 Å². The van der Waals surface area contributed by atoms with Crippen LogP contribution in [0.4, 0.5) is 5.69 Å². The maximum absolute atomic E-state index is 5.80. The van der Waals surface area contributed by atoms with Gasteiger partial charge >= 0.3 is 0 Å². The quantitative estimate of drug-likeness (QED) is 0.616. The van der Waals surface area contributed by atoms with Crippen molar-refractivity contribution >= 4 is 11.9 Å². The molecule has 0 saturated carbocycles. The van der Waals surface area contributed by atoms with Gasteiger partial charge in [0, 0.05) is 5.56 Å². The molecule has 2 rings (SSSR count). The maximum Gasteiger partial charge on any atom is 0.128 e. The molecule has 0 aromatic heterocycles. The zero-order valence-corrected chi connectivity index (χ0v) is 13.2. The van der Waals surface area contributed by atoms with Gasteiger partial charge in [0.05, 0.1) is 25.6 Å². The lowest BCUT2D eigenvalue weighted by atomic mass is 10.2. The van der Waals surface area contributed by atoms with Crippen molar-refractivity contribution in [3.8, 4) is 11.5 Å². The molecule has 0 fully saturated rings. The Hall–Kier alpha value is -2.49. The molecule has 0 unspecified atom stereocenters. The number of nitrogens with one attached hydrogen (secondary N) is 1. The third-order valence-electron chi connectivity index (χ3n) is 2.98. The van der Waals surface area contributed by atoms with E-state index >= 15 is 0 Å². The number of methoxy groups -OCH3 is 1. The van der Waals surface area contributed by atoms with Gasteiger partial charge in [-0.15, -0.1) is 0 Å². The summed E-state index contributed by atoms with van der Waals surface area (Å²) in [5.74, 6) is 2.15. The van der Waals surface area contributed by atoms with Crippen LogP contribution >= 0.6 is 0 Å². The van der Waals surface area contributed by atoms with Crippen LogP contribution in [0.15, 0.2) is 53.6 Å². The number of hydrogen-bond donors (Lipinski definition) is 1. The number of hydrazone groups is 1.